The van der Waals surface area contributed by atoms with Crippen LogP contribution in [0.2, 0.25) is 0 Å². The minimum absolute atomic E-state index is 0.196. The topological polar surface area (TPSA) is 29.1 Å². The number of Topliss-reactive ketones (excluding diaryl/α,β-unsaturated/α-hetero) is 1. The van der Waals surface area contributed by atoms with Gasteiger partial charge in [-0.1, -0.05) is 36.4 Å². The molecule has 0 saturated heterocycles. The van der Waals surface area contributed by atoms with Crippen molar-refractivity contribution in [3.63, 3.8) is 0 Å². The third-order valence-corrected chi connectivity index (χ3v) is 2.93. The normalized spacial score (nSPS) is 15.3. The lowest BCUT2D eigenvalue weighted by atomic mass is 9.94. The highest BCUT2D eigenvalue weighted by molar-refractivity contribution is 6.04. The Morgan fingerprint density at radius 2 is 1.87 bits per heavy atom. The van der Waals surface area contributed by atoms with Crippen LogP contribution in [0, 0.1) is 0 Å². The average molecular weight is 197 g/mol. The van der Waals surface area contributed by atoms with E-state index < -0.39 is 0 Å². The molecule has 2 nitrogen and oxygen atoms in total. The molecular formula is C13H11NO. The highest BCUT2D eigenvalue weighted by Crippen LogP contribution is 2.24. The fourth-order valence-electron chi connectivity index (χ4n) is 2.18. The molecule has 0 amide bonds. The van der Waals surface area contributed by atoms with Crippen LogP contribution in [0.5, 0.6) is 0 Å². The predicted molar refractivity (Wildman–Crippen MR) is 60.0 cm³/mol. The van der Waals surface area contributed by atoms with Crippen LogP contribution in [0.15, 0.2) is 36.4 Å². The molecule has 0 bridgehead atoms. The first-order valence-electron chi connectivity index (χ1n) is 5.11. The predicted octanol–water partition coefficient (Wildman–Crippen LogP) is 2.13. The van der Waals surface area contributed by atoms with E-state index >= 15 is 0 Å². The van der Waals surface area contributed by atoms with Gasteiger partial charge in [0.2, 0.25) is 0 Å². The molecule has 0 radical (unpaired) electrons. The molecule has 0 spiro atoms. The molecule has 0 unspecified atom stereocenters. The summed E-state index contributed by atoms with van der Waals surface area (Å²) < 4.78 is 0. The minimum atomic E-state index is 0.196. The van der Waals surface area contributed by atoms with Crippen LogP contribution >= 0.6 is 0 Å². The Labute approximate surface area is 87.9 Å². The molecule has 0 aromatic heterocycles. The van der Waals surface area contributed by atoms with Crippen LogP contribution in [0.4, 0.5) is 0 Å². The number of carbonyl (C=O) groups is 1. The van der Waals surface area contributed by atoms with Gasteiger partial charge in [-0.05, 0) is 16.3 Å². The van der Waals surface area contributed by atoms with E-state index in [1.807, 2.05) is 24.3 Å². The molecule has 1 aliphatic rings. The molecule has 2 heteroatoms. The van der Waals surface area contributed by atoms with Crippen LogP contribution in [0.1, 0.15) is 15.9 Å². The average Bonchev–Trinajstić information content (AvgIpc) is 2.29. The van der Waals surface area contributed by atoms with Crippen LogP contribution in [0.25, 0.3) is 10.8 Å². The van der Waals surface area contributed by atoms with E-state index in [4.69, 9.17) is 0 Å². The monoisotopic (exact) mass is 197 g/mol. The molecule has 2 aromatic carbocycles. The van der Waals surface area contributed by atoms with E-state index in [-0.39, 0.29) is 5.78 Å². The van der Waals surface area contributed by atoms with Gasteiger partial charge in [-0.15, -0.1) is 0 Å². The zero-order valence-corrected chi connectivity index (χ0v) is 8.29. The Kier molecular flexibility index (Phi) is 1.82. The van der Waals surface area contributed by atoms with Crippen LogP contribution in [0.3, 0.4) is 0 Å². The maximum absolute atomic E-state index is 11.7. The summed E-state index contributed by atoms with van der Waals surface area (Å²) in [7, 11) is 0. The van der Waals surface area contributed by atoms with Crippen molar-refractivity contribution in [2.45, 2.75) is 6.54 Å². The van der Waals surface area contributed by atoms with Crippen molar-refractivity contribution in [2.24, 2.45) is 0 Å². The number of benzene rings is 2. The van der Waals surface area contributed by atoms with E-state index in [1.165, 1.54) is 10.8 Å². The van der Waals surface area contributed by atoms with Gasteiger partial charge in [0.05, 0.1) is 6.54 Å². The fourth-order valence-corrected chi connectivity index (χ4v) is 2.18. The number of ketones is 1. The summed E-state index contributed by atoms with van der Waals surface area (Å²) >= 11 is 0. The molecule has 1 aliphatic heterocycles. The molecule has 0 fully saturated rings. The Hall–Kier alpha value is -1.67. The molecule has 0 atom stereocenters. The molecular weight excluding hydrogens is 186 g/mol. The van der Waals surface area contributed by atoms with Gasteiger partial charge >= 0.3 is 0 Å². The molecule has 1 N–H and O–H groups in total. The number of hydrogen-bond acceptors (Lipinski definition) is 2. The summed E-state index contributed by atoms with van der Waals surface area (Å²) in [6.45, 7) is 1.26. The third kappa shape index (κ3) is 1.26. The second-order valence-electron chi connectivity index (χ2n) is 3.84. The van der Waals surface area contributed by atoms with E-state index in [2.05, 4.69) is 17.4 Å². The quantitative estimate of drug-likeness (QED) is 0.701. The van der Waals surface area contributed by atoms with E-state index in [9.17, 15) is 4.79 Å². The van der Waals surface area contributed by atoms with Crippen LogP contribution in [-0.2, 0) is 6.54 Å². The lowest BCUT2D eigenvalue weighted by Crippen LogP contribution is -2.29. The number of nitrogens with one attached hydrogen (secondary N) is 1. The van der Waals surface area contributed by atoms with Crippen molar-refractivity contribution in [3.05, 3.63) is 47.5 Å². The number of rotatable bonds is 0. The Balaban J connectivity index is 2.38. The van der Waals surface area contributed by atoms with Gasteiger partial charge in [-0.2, -0.15) is 0 Å². The Morgan fingerprint density at radius 3 is 2.80 bits per heavy atom. The maximum Gasteiger partial charge on any atom is 0.176 e. The van der Waals surface area contributed by atoms with E-state index in [0.29, 0.717) is 6.54 Å². The lowest BCUT2D eigenvalue weighted by molar-refractivity contribution is 0.0982. The van der Waals surface area contributed by atoms with Gasteiger partial charge in [0.15, 0.2) is 5.78 Å². The van der Waals surface area contributed by atoms with Gasteiger partial charge in [-0.3, -0.25) is 4.79 Å². The molecule has 0 aliphatic carbocycles. The summed E-state index contributed by atoms with van der Waals surface area (Å²) in [6, 6.07) is 12.2. The first kappa shape index (κ1) is 8.62. The van der Waals surface area contributed by atoms with Gasteiger partial charge in [-0.25, -0.2) is 0 Å². The maximum atomic E-state index is 11.7. The zero-order valence-electron chi connectivity index (χ0n) is 8.29. The summed E-state index contributed by atoms with van der Waals surface area (Å²) in [4.78, 5) is 11.7. The van der Waals surface area contributed by atoms with Crippen LogP contribution in [-0.4, -0.2) is 12.3 Å². The fraction of sp³-hybridized carbons (Fsp3) is 0.154. The Morgan fingerprint density at radius 1 is 1.00 bits per heavy atom. The van der Waals surface area contributed by atoms with E-state index in [0.717, 1.165) is 17.7 Å². The van der Waals surface area contributed by atoms with Crippen LogP contribution < -0.4 is 5.32 Å². The van der Waals surface area contributed by atoms with Gasteiger partial charge in [0.1, 0.15) is 0 Å². The van der Waals surface area contributed by atoms with Gasteiger partial charge in [0, 0.05) is 12.1 Å². The van der Waals surface area contributed by atoms with Crippen molar-refractivity contribution in [1.29, 1.82) is 0 Å². The van der Waals surface area contributed by atoms with Crippen molar-refractivity contribution in [2.75, 3.05) is 6.54 Å². The standard InChI is InChI=1S/C13H11NO/c15-13-8-14-7-12-10-4-2-1-3-9(10)5-6-11(12)13/h1-6,14H,7-8H2. The SMILES string of the molecule is O=C1CNCc2c1ccc1ccccc21. The minimum Gasteiger partial charge on any atom is -0.306 e. The molecule has 2 aromatic rings. The summed E-state index contributed by atoms with van der Waals surface area (Å²) in [6.07, 6.45) is 0. The second-order valence-corrected chi connectivity index (χ2v) is 3.84. The number of hydrogen-bond donors (Lipinski definition) is 1. The molecule has 3 rings (SSSR count). The molecule has 1 heterocycles. The first-order chi connectivity index (χ1) is 7.36. The number of carbonyl (C=O) groups excluding carboxylic acids is 1. The van der Waals surface area contributed by atoms with Crippen molar-refractivity contribution in [3.8, 4) is 0 Å². The third-order valence-electron chi connectivity index (χ3n) is 2.93. The number of fused-ring (bicyclic) bond motifs is 3. The Bertz CT molecular complexity index is 545. The van der Waals surface area contributed by atoms with Crippen molar-refractivity contribution in [1.82, 2.24) is 5.32 Å². The lowest BCUT2D eigenvalue weighted by Gasteiger charge is -2.17. The van der Waals surface area contributed by atoms with Crippen molar-refractivity contribution >= 4 is 16.6 Å². The van der Waals surface area contributed by atoms with E-state index in [1.54, 1.807) is 0 Å². The largest absolute Gasteiger partial charge is 0.306 e. The molecule has 74 valence electrons. The summed E-state index contributed by atoms with van der Waals surface area (Å²) in [5.74, 6) is 0.196. The highest BCUT2D eigenvalue weighted by atomic mass is 16.1. The zero-order chi connectivity index (χ0) is 10.3. The second kappa shape index (κ2) is 3.17. The highest BCUT2D eigenvalue weighted by Gasteiger charge is 2.17. The summed E-state index contributed by atoms with van der Waals surface area (Å²) in [5.41, 5.74) is 2.02. The molecule has 15 heavy (non-hydrogen) atoms. The van der Waals surface area contributed by atoms with Gasteiger partial charge in [0.25, 0.3) is 0 Å². The smallest absolute Gasteiger partial charge is 0.176 e. The van der Waals surface area contributed by atoms with Crippen molar-refractivity contribution < 1.29 is 4.79 Å². The van der Waals surface area contributed by atoms with Gasteiger partial charge < -0.3 is 5.32 Å². The summed E-state index contributed by atoms with van der Waals surface area (Å²) in [5, 5.41) is 5.53. The first-order valence-corrected chi connectivity index (χ1v) is 5.11. The molecule has 0 saturated carbocycles.